The zero-order chi connectivity index (χ0) is 9.80. The van der Waals surface area contributed by atoms with E-state index in [1.165, 1.54) is 5.56 Å². The second-order valence-corrected chi connectivity index (χ2v) is 3.55. The van der Waals surface area contributed by atoms with Crippen LogP contribution in [0.4, 0.5) is 0 Å². The molecule has 2 heteroatoms. The molecule has 0 saturated carbocycles. The van der Waals surface area contributed by atoms with E-state index >= 15 is 0 Å². The maximum Gasteiger partial charge on any atom is 0.0948 e. The van der Waals surface area contributed by atoms with Crippen LogP contribution in [0.2, 0.25) is 0 Å². The average Bonchev–Trinajstić information content (AvgIpc) is 2.72. The van der Waals surface area contributed by atoms with E-state index in [1.54, 1.807) is 0 Å². The molecule has 0 radical (unpaired) electrons. The predicted molar refractivity (Wildman–Crippen MR) is 57.1 cm³/mol. The van der Waals surface area contributed by atoms with Crippen LogP contribution in [-0.4, -0.2) is 9.55 Å². The quantitative estimate of drug-likeness (QED) is 0.720. The number of aromatic nitrogens is 2. The highest BCUT2D eigenvalue weighted by molar-refractivity contribution is 5.15. The first kappa shape index (κ1) is 9.00. The Labute approximate surface area is 84.2 Å². The predicted octanol–water partition coefficient (Wildman–Crippen LogP) is 2.69. The summed E-state index contributed by atoms with van der Waals surface area (Å²) in [6, 6.07) is 11.0. The molecule has 0 saturated heterocycles. The third-order valence-corrected chi connectivity index (χ3v) is 2.41. The van der Waals surface area contributed by atoms with Crippen molar-refractivity contribution in [1.29, 1.82) is 0 Å². The second-order valence-electron chi connectivity index (χ2n) is 3.55. The van der Waals surface area contributed by atoms with Gasteiger partial charge < -0.3 is 4.57 Å². The van der Waals surface area contributed by atoms with Crippen LogP contribution in [0.15, 0.2) is 49.1 Å². The van der Waals surface area contributed by atoms with Gasteiger partial charge in [-0.25, -0.2) is 4.98 Å². The molecular weight excluding hydrogens is 172 g/mol. The topological polar surface area (TPSA) is 17.8 Å². The molecule has 0 aliphatic heterocycles. The molecule has 2 rings (SSSR count). The van der Waals surface area contributed by atoms with Gasteiger partial charge in [-0.05, 0) is 18.9 Å². The van der Waals surface area contributed by atoms with Gasteiger partial charge in [-0.3, -0.25) is 0 Å². The Bertz CT molecular complexity index is 364. The minimum Gasteiger partial charge on any atom is -0.334 e. The Balaban J connectivity index is 2.06. The largest absolute Gasteiger partial charge is 0.334 e. The number of nitrogens with zero attached hydrogens (tertiary/aromatic N) is 2. The lowest BCUT2D eigenvalue weighted by atomic mass is 10.1. The van der Waals surface area contributed by atoms with Gasteiger partial charge in [0.15, 0.2) is 0 Å². The first-order valence-corrected chi connectivity index (χ1v) is 4.87. The standard InChI is InChI=1S/C12H14N2/c1-11(14-8-7-13-10-14)9-12-5-3-2-4-6-12/h2-8,10-11H,9H2,1H3. The monoisotopic (exact) mass is 186 g/mol. The van der Waals surface area contributed by atoms with Crippen LogP contribution in [0, 0.1) is 0 Å². The zero-order valence-corrected chi connectivity index (χ0v) is 8.30. The van der Waals surface area contributed by atoms with Gasteiger partial charge in [0.25, 0.3) is 0 Å². The molecule has 1 heterocycles. The lowest BCUT2D eigenvalue weighted by Gasteiger charge is -2.12. The lowest BCUT2D eigenvalue weighted by molar-refractivity contribution is 0.544. The fourth-order valence-corrected chi connectivity index (χ4v) is 1.59. The average molecular weight is 186 g/mol. The van der Waals surface area contributed by atoms with Crippen molar-refractivity contribution in [2.75, 3.05) is 0 Å². The molecular formula is C12H14N2. The molecule has 0 aliphatic rings. The molecule has 2 nitrogen and oxygen atoms in total. The molecule has 14 heavy (non-hydrogen) atoms. The van der Waals surface area contributed by atoms with E-state index in [9.17, 15) is 0 Å². The van der Waals surface area contributed by atoms with Crippen molar-refractivity contribution in [3.8, 4) is 0 Å². The second kappa shape index (κ2) is 4.09. The first-order chi connectivity index (χ1) is 6.86. The van der Waals surface area contributed by atoms with Crippen LogP contribution < -0.4 is 0 Å². The Morgan fingerprint density at radius 3 is 2.71 bits per heavy atom. The summed E-state index contributed by atoms with van der Waals surface area (Å²) in [5.74, 6) is 0. The molecule has 2 aromatic rings. The summed E-state index contributed by atoms with van der Waals surface area (Å²) in [6.45, 7) is 2.20. The summed E-state index contributed by atoms with van der Waals surface area (Å²) in [7, 11) is 0. The maximum absolute atomic E-state index is 4.05. The van der Waals surface area contributed by atoms with E-state index in [-0.39, 0.29) is 0 Å². The third kappa shape index (κ3) is 2.02. The van der Waals surface area contributed by atoms with Gasteiger partial charge in [-0.1, -0.05) is 30.3 Å². The molecule has 72 valence electrons. The highest BCUT2D eigenvalue weighted by Gasteiger charge is 2.03. The van der Waals surface area contributed by atoms with Crippen molar-refractivity contribution in [3.63, 3.8) is 0 Å². The van der Waals surface area contributed by atoms with Gasteiger partial charge in [0, 0.05) is 18.4 Å². The number of hydrogen-bond acceptors (Lipinski definition) is 1. The number of benzene rings is 1. The SMILES string of the molecule is CC(Cc1ccccc1)n1ccnc1. The van der Waals surface area contributed by atoms with Gasteiger partial charge >= 0.3 is 0 Å². The van der Waals surface area contributed by atoms with Gasteiger partial charge in [0.2, 0.25) is 0 Å². The smallest absolute Gasteiger partial charge is 0.0948 e. The van der Waals surface area contributed by atoms with Crippen molar-refractivity contribution in [2.24, 2.45) is 0 Å². The van der Waals surface area contributed by atoms with Crippen LogP contribution >= 0.6 is 0 Å². The lowest BCUT2D eigenvalue weighted by Crippen LogP contribution is -2.05. The van der Waals surface area contributed by atoms with Crippen LogP contribution in [0.25, 0.3) is 0 Å². The van der Waals surface area contributed by atoms with Crippen molar-refractivity contribution < 1.29 is 0 Å². The summed E-state index contributed by atoms with van der Waals surface area (Å²) in [4.78, 5) is 4.05. The van der Waals surface area contributed by atoms with Gasteiger partial charge in [0.05, 0.1) is 6.33 Å². The van der Waals surface area contributed by atoms with Crippen molar-refractivity contribution in [1.82, 2.24) is 9.55 Å². The molecule has 1 atom stereocenters. The molecule has 1 aromatic heterocycles. The van der Waals surface area contributed by atoms with Crippen LogP contribution in [0.5, 0.6) is 0 Å². The highest BCUT2D eigenvalue weighted by atomic mass is 15.0. The molecule has 0 spiro atoms. The van der Waals surface area contributed by atoms with Crippen LogP contribution in [0.1, 0.15) is 18.5 Å². The van der Waals surface area contributed by atoms with E-state index < -0.39 is 0 Å². The van der Waals surface area contributed by atoms with Crippen LogP contribution in [0.3, 0.4) is 0 Å². The molecule has 0 amide bonds. The summed E-state index contributed by atoms with van der Waals surface area (Å²) >= 11 is 0. The summed E-state index contributed by atoms with van der Waals surface area (Å²) in [6.07, 6.45) is 6.75. The van der Waals surface area contributed by atoms with E-state index in [1.807, 2.05) is 24.8 Å². The number of hydrogen-bond donors (Lipinski definition) is 0. The molecule has 0 fully saturated rings. The normalized spacial score (nSPS) is 12.6. The molecule has 1 unspecified atom stereocenters. The van der Waals surface area contributed by atoms with Crippen molar-refractivity contribution in [3.05, 3.63) is 54.6 Å². The molecule has 1 aromatic carbocycles. The fraction of sp³-hybridized carbons (Fsp3) is 0.250. The van der Waals surface area contributed by atoms with Crippen molar-refractivity contribution in [2.45, 2.75) is 19.4 Å². The number of imidazole rings is 1. The van der Waals surface area contributed by atoms with Crippen LogP contribution in [-0.2, 0) is 6.42 Å². The fourth-order valence-electron chi connectivity index (χ4n) is 1.59. The Kier molecular flexibility index (Phi) is 2.63. The third-order valence-electron chi connectivity index (χ3n) is 2.41. The van der Waals surface area contributed by atoms with Gasteiger partial charge in [-0.15, -0.1) is 0 Å². The Morgan fingerprint density at radius 2 is 2.07 bits per heavy atom. The molecule has 0 N–H and O–H groups in total. The first-order valence-electron chi connectivity index (χ1n) is 4.87. The molecule has 0 bridgehead atoms. The highest BCUT2D eigenvalue weighted by Crippen LogP contribution is 2.12. The minimum absolute atomic E-state index is 0.472. The Morgan fingerprint density at radius 1 is 1.29 bits per heavy atom. The van der Waals surface area contributed by atoms with E-state index in [0.29, 0.717) is 6.04 Å². The maximum atomic E-state index is 4.05. The Hall–Kier alpha value is -1.57. The zero-order valence-electron chi connectivity index (χ0n) is 8.30. The van der Waals surface area contributed by atoms with Gasteiger partial charge in [0.1, 0.15) is 0 Å². The van der Waals surface area contributed by atoms with Crippen molar-refractivity contribution >= 4 is 0 Å². The van der Waals surface area contributed by atoms with E-state index in [2.05, 4.69) is 40.7 Å². The number of rotatable bonds is 3. The minimum atomic E-state index is 0.472. The summed E-state index contributed by atoms with van der Waals surface area (Å²) in [5.41, 5.74) is 1.37. The van der Waals surface area contributed by atoms with E-state index in [0.717, 1.165) is 6.42 Å². The summed E-state index contributed by atoms with van der Waals surface area (Å²) < 4.78 is 2.13. The molecule has 0 aliphatic carbocycles. The van der Waals surface area contributed by atoms with E-state index in [4.69, 9.17) is 0 Å². The summed E-state index contributed by atoms with van der Waals surface area (Å²) in [5, 5.41) is 0. The van der Waals surface area contributed by atoms with Gasteiger partial charge in [-0.2, -0.15) is 0 Å².